The van der Waals surface area contributed by atoms with Crippen molar-refractivity contribution in [1.29, 1.82) is 0 Å². The van der Waals surface area contributed by atoms with E-state index in [0.29, 0.717) is 48.1 Å². The number of carbonyl (C=O) groups is 2. The molecule has 1 aliphatic heterocycles. The fourth-order valence-electron chi connectivity index (χ4n) is 3.26. The molecule has 8 heteroatoms. The molecule has 2 amide bonds. The molecular formula is C22H20ClN3O4. The van der Waals surface area contributed by atoms with E-state index in [-0.39, 0.29) is 17.4 Å². The number of aryl methyl sites for hydroxylation is 1. The Labute approximate surface area is 178 Å². The minimum absolute atomic E-state index is 0.0916. The second-order valence-corrected chi connectivity index (χ2v) is 7.31. The highest BCUT2D eigenvalue weighted by atomic mass is 35.5. The molecule has 1 saturated heterocycles. The van der Waals surface area contributed by atoms with Crippen LogP contribution in [-0.2, 0) is 4.74 Å². The Hall–Kier alpha value is -3.16. The van der Waals surface area contributed by atoms with Crippen molar-refractivity contribution in [1.82, 2.24) is 9.88 Å². The zero-order valence-corrected chi connectivity index (χ0v) is 17.1. The highest BCUT2D eigenvalue weighted by molar-refractivity contribution is 6.31. The van der Waals surface area contributed by atoms with Crippen LogP contribution in [0.1, 0.15) is 26.4 Å². The number of carbonyl (C=O) groups excluding carboxylic acids is 2. The van der Waals surface area contributed by atoms with Crippen molar-refractivity contribution in [2.45, 2.75) is 6.92 Å². The Balaban J connectivity index is 1.63. The molecule has 154 valence electrons. The number of halogens is 1. The lowest BCUT2D eigenvalue weighted by molar-refractivity contribution is 0.0303. The van der Waals surface area contributed by atoms with Crippen LogP contribution >= 0.6 is 11.6 Å². The first-order valence-corrected chi connectivity index (χ1v) is 9.90. The highest BCUT2D eigenvalue weighted by Crippen LogP contribution is 2.29. The maximum Gasteiger partial charge on any atom is 0.278 e. The third-order valence-electron chi connectivity index (χ3n) is 4.91. The van der Waals surface area contributed by atoms with Gasteiger partial charge in [0.2, 0.25) is 0 Å². The molecule has 1 fully saturated rings. The van der Waals surface area contributed by atoms with Crippen LogP contribution < -0.4 is 5.32 Å². The van der Waals surface area contributed by atoms with Crippen LogP contribution in [0.25, 0.3) is 11.3 Å². The van der Waals surface area contributed by atoms with Gasteiger partial charge in [-0.15, -0.1) is 0 Å². The summed E-state index contributed by atoms with van der Waals surface area (Å²) in [6, 6.07) is 12.3. The molecule has 0 bridgehead atoms. The lowest BCUT2D eigenvalue weighted by Crippen LogP contribution is -2.40. The normalized spacial score (nSPS) is 13.9. The van der Waals surface area contributed by atoms with Gasteiger partial charge in [-0.3, -0.25) is 9.59 Å². The largest absolute Gasteiger partial charge is 0.443 e. The number of rotatable bonds is 4. The predicted octanol–water partition coefficient (Wildman–Crippen LogP) is 4.03. The molecule has 0 atom stereocenters. The van der Waals surface area contributed by atoms with Crippen molar-refractivity contribution < 1.29 is 18.7 Å². The standard InChI is InChI=1S/C22H20ClN3O4/c1-14-6-7-15(12-18(14)23)25-21(27)19-20(30-13-24-19)16-4-2-3-5-17(16)22(28)26-8-10-29-11-9-26/h2-7,12-13H,8-11H2,1H3,(H,25,27). The third kappa shape index (κ3) is 4.08. The molecule has 4 rings (SSSR count). The molecule has 2 aromatic carbocycles. The Morgan fingerprint density at radius 2 is 1.90 bits per heavy atom. The summed E-state index contributed by atoms with van der Waals surface area (Å²) in [5.41, 5.74) is 2.51. The molecule has 0 spiro atoms. The van der Waals surface area contributed by atoms with Crippen LogP contribution in [0.4, 0.5) is 5.69 Å². The topological polar surface area (TPSA) is 84.7 Å². The number of nitrogens with zero attached hydrogens (tertiary/aromatic N) is 2. The van der Waals surface area contributed by atoms with Crippen molar-refractivity contribution in [3.05, 3.63) is 70.7 Å². The van der Waals surface area contributed by atoms with E-state index >= 15 is 0 Å². The molecule has 0 aliphatic carbocycles. The summed E-state index contributed by atoms with van der Waals surface area (Å²) >= 11 is 6.14. The summed E-state index contributed by atoms with van der Waals surface area (Å²) in [4.78, 5) is 31.7. The molecule has 0 unspecified atom stereocenters. The van der Waals surface area contributed by atoms with Crippen LogP contribution in [0.5, 0.6) is 0 Å². The van der Waals surface area contributed by atoms with E-state index in [0.717, 1.165) is 5.56 Å². The fraction of sp³-hybridized carbons (Fsp3) is 0.227. The number of ether oxygens (including phenoxy) is 1. The van der Waals surface area contributed by atoms with Crippen molar-refractivity contribution >= 4 is 29.1 Å². The van der Waals surface area contributed by atoms with Gasteiger partial charge in [0.15, 0.2) is 17.8 Å². The van der Waals surface area contributed by atoms with Gasteiger partial charge in [-0.1, -0.05) is 35.9 Å². The monoisotopic (exact) mass is 425 g/mol. The van der Waals surface area contributed by atoms with Crippen molar-refractivity contribution in [2.24, 2.45) is 0 Å². The quantitative estimate of drug-likeness (QED) is 0.682. The second kappa shape index (κ2) is 8.69. The van der Waals surface area contributed by atoms with Crippen molar-refractivity contribution in [3.8, 4) is 11.3 Å². The lowest BCUT2D eigenvalue weighted by atomic mass is 10.0. The van der Waals surface area contributed by atoms with E-state index in [4.69, 9.17) is 20.8 Å². The Morgan fingerprint density at radius 1 is 1.13 bits per heavy atom. The zero-order chi connectivity index (χ0) is 21.1. The van der Waals surface area contributed by atoms with E-state index in [1.165, 1.54) is 6.39 Å². The smallest absolute Gasteiger partial charge is 0.278 e. The minimum Gasteiger partial charge on any atom is -0.443 e. The Morgan fingerprint density at radius 3 is 2.67 bits per heavy atom. The van der Waals surface area contributed by atoms with Crippen molar-refractivity contribution in [2.75, 3.05) is 31.6 Å². The molecule has 3 aromatic rings. The number of hydrogen-bond donors (Lipinski definition) is 1. The molecule has 1 aliphatic rings. The first-order valence-electron chi connectivity index (χ1n) is 9.52. The van der Waals surface area contributed by atoms with Crippen LogP contribution in [0.3, 0.4) is 0 Å². The predicted molar refractivity (Wildman–Crippen MR) is 113 cm³/mol. The number of amides is 2. The third-order valence-corrected chi connectivity index (χ3v) is 5.32. The summed E-state index contributed by atoms with van der Waals surface area (Å²) in [6.45, 7) is 3.92. The molecule has 0 saturated carbocycles. The lowest BCUT2D eigenvalue weighted by Gasteiger charge is -2.27. The molecule has 2 heterocycles. The molecule has 1 aromatic heterocycles. The summed E-state index contributed by atoms with van der Waals surface area (Å²) in [7, 11) is 0. The minimum atomic E-state index is -0.452. The maximum absolute atomic E-state index is 13.1. The van der Waals surface area contributed by atoms with Gasteiger partial charge in [0.05, 0.1) is 18.8 Å². The number of morpholine rings is 1. The zero-order valence-electron chi connectivity index (χ0n) is 16.4. The van der Waals surface area contributed by atoms with Gasteiger partial charge < -0.3 is 19.4 Å². The van der Waals surface area contributed by atoms with Gasteiger partial charge in [-0.25, -0.2) is 4.98 Å². The van der Waals surface area contributed by atoms with Crippen LogP contribution in [-0.4, -0.2) is 48.0 Å². The van der Waals surface area contributed by atoms with Gasteiger partial charge in [0.25, 0.3) is 11.8 Å². The number of anilines is 1. The Kier molecular flexibility index (Phi) is 5.83. The maximum atomic E-state index is 13.1. The van der Waals surface area contributed by atoms with Crippen LogP contribution in [0, 0.1) is 6.92 Å². The van der Waals surface area contributed by atoms with Gasteiger partial charge in [-0.2, -0.15) is 0 Å². The average molecular weight is 426 g/mol. The van der Waals surface area contributed by atoms with E-state index in [2.05, 4.69) is 10.3 Å². The van der Waals surface area contributed by atoms with E-state index < -0.39 is 5.91 Å². The number of hydrogen-bond acceptors (Lipinski definition) is 5. The number of nitrogens with one attached hydrogen (secondary N) is 1. The second-order valence-electron chi connectivity index (χ2n) is 6.90. The van der Waals surface area contributed by atoms with Crippen LogP contribution in [0.15, 0.2) is 53.3 Å². The SMILES string of the molecule is Cc1ccc(NC(=O)c2ncoc2-c2ccccc2C(=O)N2CCOCC2)cc1Cl. The average Bonchev–Trinajstić information content (AvgIpc) is 3.26. The molecule has 0 radical (unpaired) electrons. The van der Waals surface area contributed by atoms with Gasteiger partial charge in [-0.05, 0) is 30.7 Å². The summed E-state index contributed by atoms with van der Waals surface area (Å²) in [6.07, 6.45) is 1.20. The highest BCUT2D eigenvalue weighted by Gasteiger charge is 2.26. The fourth-order valence-corrected chi connectivity index (χ4v) is 3.44. The van der Waals surface area contributed by atoms with E-state index in [1.807, 2.05) is 13.0 Å². The van der Waals surface area contributed by atoms with Crippen LogP contribution in [0.2, 0.25) is 5.02 Å². The van der Waals surface area contributed by atoms with Crippen molar-refractivity contribution in [3.63, 3.8) is 0 Å². The summed E-state index contributed by atoms with van der Waals surface area (Å²) < 4.78 is 10.9. The van der Waals surface area contributed by atoms with Gasteiger partial charge in [0.1, 0.15) is 0 Å². The first-order chi connectivity index (χ1) is 14.5. The van der Waals surface area contributed by atoms with Gasteiger partial charge >= 0.3 is 0 Å². The van der Waals surface area contributed by atoms with E-state index in [1.54, 1.807) is 41.3 Å². The Bertz CT molecular complexity index is 1090. The number of benzene rings is 2. The molecule has 1 N–H and O–H groups in total. The number of aromatic nitrogens is 1. The summed E-state index contributed by atoms with van der Waals surface area (Å²) in [5, 5.41) is 3.33. The molecular weight excluding hydrogens is 406 g/mol. The first kappa shape index (κ1) is 20.1. The van der Waals surface area contributed by atoms with E-state index in [9.17, 15) is 9.59 Å². The van der Waals surface area contributed by atoms with Gasteiger partial charge in [0, 0.05) is 29.4 Å². The molecule has 7 nitrogen and oxygen atoms in total. The molecule has 30 heavy (non-hydrogen) atoms. The summed E-state index contributed by atoms with van der Waals surface area (Å²) in [5.74, 6) is -0.350. The number of oxazole rings is 1.